The number of hydrogen-bond donors (Lipinski definition) is 2. The Morgan fingerprint density at radius 2 is 2.13 bits per heavy atom. The third kappa shape index (κ3) is 3.90. The Bertz CT molecular complexity index is 289. The lowest BCUT2D eigenvalue weighted by molar-refractivity contribution is 0.279. The van der Waals surface area contributed by atoms with Crippen molar-refractivity contribution in [3.63, 3.8) is 0 Å². The van der Waals surface area contributed by atoms with Crippen LogP contribution in [0.3, 0.4) is 0 Å². The van der Waals surface area contributed by atoms with Crippen LogP contribution >= 0.6 is 0 Å². The van der Waals surface area contributed by atoms with Gasteiger partial charge in [0.15, 0.2) is 0 Å². The van der Waals surface area contributed by atoms with E-state index in [0.717, 1.165) is 30.6 Å². The van der Waals surface area contributed by atoms with Crippen molar-refractivity contribution in [3.8, 4) is 5.75 Å². The molecule has 0 aliphatic carbocycles. The highest BCUT2D eigenvalue weighted by Crippen LogP contribution is 2.19. The number of methoxy groups -OCH3 is 1. The van der Waals surface area contributed by atoms with Crippen LogP contribution in [0.15, 0.2) is 24.3 Å². The fraction of sp³-hybridized carbons (Fsp3) is 0.500. The Morgan fingerprint density at radius 3 is 2.80 bits per heavy atom. The minimum Gasteiger partial charge on any atom is -0.496 e. The van der Waals surface area contributed by atoms with Gasteiger partial charge in [-0.3, -0.25) is 0 Å². The van der Waals surface area contributed by atoms with Crippen molar-refractivity contribution in [2.45, 2.75) is 25.3 Å². The van der Waals surface area contributed by atoms with E-state index in [4.69, 9.17) is 15.6 Å². The first-order valence-electron chi connectivity index (χ1n) is 5.26. The summed E-state index contributed by atoms with van der Waals surface area (Å²) >= 11 is 0. The molecule has 0 radical (unpaired) electrons. The van der Waals surface area contributed by atoms with Crippen molar-refractivity contribution in [3.05, 3.63) is 29.8 Å². The number of hydrogen-bond acceptors (Lipinski definition) is 3. The van der Waals surface area contributed by atoms with E-state index in [9.17, 15) is 0 Å². The maximum absolute atomic E-state index is 8.70. The lowest BCUT2D eigenvalue weighted by Gasteiger charge is -2.13. The standard InChI is InChI=1S/C12H19NO2/c1-15-12-7-3-2-5-10(12)9-11(13)6-4-8-14/h2-3,5,7,11,14H,4,6,8-9,13H2,1H3. The summed E-state index contributed by atoms with van der Waals surface area (Å²) in [6.45, 7) is 0.208. The molecule has 3 N–H and O–H groups in total. The molecule has 0 aliphatic heterocycles. The van der Waals surface area contributed by atoms with E-state index in [1.54, 1.807) is 7.11 Å². The summed E-state index contributed by atoms with van der Waals surface area (Å²) < 4.78 is 5.25. The number of aliphatic hydroxyl groups is 1. The molecule has 0 spiro atoms. The molecule has 3 nitrogen and oxygen atoms in total. The lowest BCUT2D eigenvalue weighted by atomic mass is 10.0. The van der Waals surface area contributed by atoms with Gasteiger partial charge < -0.3 is 15.6 Å². The number of benzene rings is 1. The first kappa shape index (κ1) is 12.0. The Morgan fingerprint density at radius 1 is 1.40 bits per heavy atom. The van der Waals surface area contributed by atoms with E-state index in [-0.39, 0.29) is 12.6 Å². The van der Waals surface area contributed by atoms with Crippen LogP contribution in [0, 0.1) is 0 Å². The van der Waals surface area contributed by atoms with E-state index in [1.807, 2.05) is 24.3 Å². The first-order chi connectivity index (χ1) is 7.27. The molecule has 0 heterocycles. The number of ether oxygens (including phenoxy) is 1. The van der Waals surface area contributed by atoms with E-state index < -0.39 is 0 Å². The van der Waals surface area contributed by atoms with Gasteiger partial charge >= 0.3 is 0 Å². The fourth-order valence-corrected chi connectivity index (χ4v) is 1.61. The number of para-hydroxylation sites is 1. The Hall–Kier alpha value is -1.06. The van der Waals surface area contributed by atoms with Gasteiger partial charge in [-0.15, -0.1) is 0 Å². The van der Waals surface area contributed by atoms with Gasteiger partial charge in [-0.25, -0.2) is 0 Å². The maximum Gasteiger partial charge on any atom is 0.122 e. The summed E-state index contributed by atoms with van der Waals surface area (Å²) in [6, 6.07) is 7.98. The van der Waals surface area contributed by atoms with Crippen molar-refractivity contribution in [1.29, 1.82) is 0 Å². The van der Waals surface area contributed by atoms with Gasteiger partial charge in [0.25, 0.3) is 0 Å². The molecule has 0 fully saturated rings. The van der Waals surface area contributed by atoms with E-state index in [1.165, 1.54) is 0 Å². The van der Waals surface area contributed by atoms with Gasteiger partial charge in [0.05, 0.1) is 7.11 Å². The second kappa shape index (κ2) is 6.43. The number of rotatable bonds is 6. The van der Waals surface area contributed by atoms with Crippen LogP contribution in [0.4, 0.5) is 0 Å². The van der Waals surface area contributed by atoms with Gasteiger partial charge in [0.1, 0.15) is 5.75 Å². The molecule has 84 valence electrons. The number of nitrogens with two attached hydrogens (primary N) is 1. The molecule has 1 aromatic carbocycles. The van der Waals surface area contributed by atoms with Crippen molar-refractivity contribution in [1.82, 2.24) is 0 Å². The van der Waals surface area contributed by atoms with Crippen LogP contribution in [0.25, 0.3) is 0 Å². The topological polar surface area (TPSA) is 55.5 Å². The summed E-state index contributed by atoms with van der Waals surface area (Å²) in [5, 5.41) is 8.70. The molecule has 0 saturated carbocycles. The van der Waals surface area contributed by atoms with Gasteiger partial charge in [-0.05, 0) is 30.9 Å². The molecule has 1 rings (SSSR count). The van der Waals surface area contributed by atoms with Gasteiger partial charge in [-0.1, -0.05) is 18.2 Å². The van der Waals surface area contributed by atoms with Gasteiger partial charge in [0.2, 0.25) is 0 Å². The zero-order valence-electron chi connectivity index (χ0n) is 9.15. The highest BCUT2D eigenvalue weighted by molar-refractivity contribution is 5.33. The van der Waals surface area contributed by atoms with Crippen LogP contribution in [-0.4, -0.2) is 24.9 Å². The first-order valence-corrected chi connectivity index (χ1v) is 5.26. The molecule has 0 saturated heterocycles. The van der Waals surface area contributed by atoms with Crippen LogP contribution in [-0.2, 0) is 6.42 Å². The van der Waals surface area contributed by atoms with Gasteiger partial charge in [-0.2, -0.15) is 0 Å². The molecule has 1 atom stereocenters. The zero-order chi connectivity index (χ0) is 11.1. The fourth-order valence-electron chi connectivity index (χ4n) is 1.61. The van der Waals surface area contributed by atoms with E-state index in [2.05, 4.69) is 0 Å². The molecular formula is C12H19NO2. The average Bonchev–Trinajstić information content (AvgIpc) is 2.27. The third-order valence-corrected chi connectivity index (χ3v) is 2.41. The molecule has 1 aromatic rings. The van der Waals surface area contributed by atoms with Crippen LogP contribution < -0.4 is 10.5 Å². The monoisotopic (exact) mass is 209 g/mol. The largest absolute Gasteiger partial charge is 0.496 e. The summed E-state index contributed by atoms with van der Waals surface area (Å²) in [5.74, 6) is 0.886. The molecule has 0 amide bonds. The van der Waals surface area contributed by atoms with Crippen LogP contribution in [0.5, 0.6) is 5.75 Å². The zero-order valence-corrected chi connectivity index (χ0v) is 9.15. The molecule has 0 aliphatic rings. The summed E-state index contributed by atoms with van der Waals surface area (Å²) in [5.41, 5.74) is 7.08. The second-order valence-electron chi connectivity index (χ2n) is 3.64. The average molecular weight is 209 g/mol. The van der Waals surface area contributed by atoms with Crippen molar-refractivity contribution in [2.24, 2.45) is 5.73 Å². The van der Waals surface area contributed by atoms with Crippen molar-refractivity contribution < 1.29 is 9.84 Å². The Labute approximate surface area is 90.9 Å². The minimum atomic E-state index is 0.0912. The van der Waals surface area contributed by atoms with E-state index >= 15 is 0 Å². The number of aliphatic hydroxyl groups excluding tert-OH is 1. The third-order valence-electron chi connectivity index (χ3n) is 2.41. The van der Waals surface area contributed by atoms with Crippen LogP contribution in [0.2, 0.25) is 0 Å². The smallest absolute Gasteiger partial charge is 0.122 e. The maximum atomic E-state index is 8.70. The summed E-state index contributed by atoms with van der Waals surface area (Å²) in [6.07, 6.45) is 2.40. The quantitative estimate of drug-likeness (QED) is 0.743. The highest BCUT2D eigenvalue weighted by atomic mass is 16.5. The van der Waals surface area contributed by atoms with E-state index in [0.29, 0.717) is 0 Å². The predicted molar refractivity (Wildman–Crippen MR) is 61.0 cm³/mol. The summed E-state index contributed by atoms with van der Waals surface area (Å²) in [7, 11) is 1.66. The molecule has 15 heavy (non-hydrogen) atoms. The molecule has 0 bridgehead atoms. The predicted octanol–water partition coefficient (Wildman–Crippen LogP) is 1.34. The molecule has 3 heteroatoms. The van der Waals surface area contributed by atoms with Crippen molar-refractivity contribution >= 4 is 0 Å². The molecular weight excluding hydrogens is 190 g/mol. The van der Waals surface area contributed by atoms with Crippen molar-refractivity contribution in [2.75, 3.05) is 13.7 Å². The van der Waals surface area contributed by atoms with Gasteiger partial charge in [0, 0.05) is 12.6 Å². The molecule has 0 aromatic heterocycles. The second-order valence-corrected chi connectivity index (χ2v) is 3.64. The van der Waals surface area contributed by atoms with Crippen LogP contribution in [0.1, 0.15) is 18.4 Å². The summed E-state index contributed by atoms with van der Waals surface area (Å²) in [4.78, 5) is 0. The lowest BCUT2D eigenvalue weighted by Crippen LogP contribution is -2.23. The highest BCUT2D eigenvalue weighted by Gasteiger charge is 2.07. The molecule has 1 unspecified atom stereocenters. The SMILES string of the molecule is COc1ccccc1CC(N)CCCO. The minimum absolute atomic E-state index is 0.0912. The Kier molecular flexibility index (Phi) is 5.15. The Balaban J connectivity index is 2.55. The normalized spacial score (nSPS) is 12.5.